The van der Waals surface area contributed by atoms with Crippen molar-refractivity contribution in [3.63, 3.8) is 0 Å². The van der Waals surface area contributed by atoms with E-state index in [4.69, 9.17) is 0 Å². The monoisotopic (exact) mass is 177 g/mol. The zero-order chi connectivity index (χ0) is 9.52. The van der Waals surface area contributed by atoms with Gasteiger partial charge in [-0.1, -0.05) is 18.6 Å². The Hall–Kier alpha value is -0.850. The van der Waals surface area contributed by atoms with Crippen molar-refractivity contribution >= 4 is 6.21 Å². The van der Waals surface area contributed by atoms with Crippen molar-refractivity contribution in [3.05, 3.63) is 23.3 Å². The maximum atomic E-state index is 4.12. The first-order valence-corrected chi connectivity index (χ1v) is 5.15. The van der Waals surface area contributed by atoms with E-state index in [0.717, 1.165) is 0 Å². The molecule has 0 unspecified atom stereocenters. The third-order valence-electron chi connectivity index (χ3n) is 2.46. The molecule has 0 atom stereocenters. The molecule has 0 fully saturated rings. The molecule has 0 saturated carbocycles. The lowest BCUT2D eigenvalue weighted by molar-refractivity contribution is 0.711. The van der Waals surface area contributed by atoms with E-state index in [9.17, 15) is 0 Å². The van der Waals surface area contributed by atoms with Gasteiger partial charge >= 0.3 is 0 Å². The molecule has 1 heteroatoms. The van der Waals surface area contributed by atoms with Crippen LogP contribution in [-0.4, -0.2) is 13.3 Å². The van der Waals surface area contributed by atoms with E-state index < -0.39 is 0 Å². The van der Waals surface area contributed by atoms with Gasteiger partial charge in [-0.05, 0) is 43.8 Å². The lowest BCUT2D eigenvalue weighted by Gasteiger charge is -2.02. The normalized spacial score (nSPS) is 20.2. The van der Waals surface area contributed by atoms with Crippen molar-refractivity contribution in [3.8, 4) is 0 Å². The van der Waals surface area contributed by atoms with E-state index in [0.29, 0.717) is 0 Å². The largest absolute Gasteiger partial charge is 0.296 e. The molecule has 0 spiro atoms. The van der Waals surface area contributed by atoms with Gasteiger partial charge in [0.25, 0.3) is 0 Å². The Bertz CT molecular complexity index is 210. The summed E-state index contributed by atoms with van der Waals surface area (Å²) in [4.78, 5) is 4.12. The van der Waals surface area contributed by atoms with E-state index in [1.54, 1.807) is 0 Å². The number of aliphatic imine (C=N–C) groups is 1. The highest BCUT2D eigenvalue weighted by atomic mass is 14.6. The van der Waals surface area contributed by atoms with E-state index in [1.165, 1.54) is 43.3 Å². The Morgan fingerprint density at radius 3 is 2.38 bits per heavy atom. The van der Waals surface area contributed by atoms with Crippen LogP contribution >= 0.6 is 0 Å². The Kier molecular flexibility index (Phi) is 4.52. The van der Waals surface area contributed by atoms with Gasteiger partial charge in [-0.25, -0.2) is 0 Å². The summed E-state index contributed by atoms with van der Waals surface area (Å²) in [5.41, 5.74) is 2.93. The van der Waals surface area contributed by atoms with Gasteiger partial charge < -0.3 is 0 Å². The van der Waals surface area contributed by atoms with E-state index in [-0.39, 0.29) is 0 Å². The lowest BCUT2D eigenvalue weighted by atomic mass is 10.0. The molecule has 0 radical (unpaired) electrons. The van der Waals surface area contributed by atoms with E-state index >= 15 is 0 Å². The summed E-state index contributed by atoms with van der Waals surface area (Å²) in [5.74, 6) is 0. The number of hydrogen-bond donors (Lipinski definition) is 0. The maximum absolute atomic E-state index is 4.12. The third-order valence-corrected chi connectivity index (χ3v) is 2.46. The molecule has 0 heterocycles. The molecule has 1 aliphatic carbocycles. The predicted molar refractivity (Wildman–Crippen MR) is 59.3 cm³/mol. The fourth-order valence-electron chi connectivity index (χ4n) is 1.82. The van der Waals surface area contributed by atoms with Crippen LogP contribution in [0.1, 0.15) is 39.0 Å². The minimum atomic E-state index is 1.21. The molecule has 1 aliphatic rings. The smallest absolute Gasteiger partial charge is 0.0277 e. The van der Waals surface area contributed by atoms with Crippen molar-refractivity contribution < 1.29 is 0 Å². The highest BCUT2D eigenvalue weighted by Crippen LogP contribution is 2.23. The lowest BCUT2D eigenvalue weighted by Crippen LogP contribution is -1.89. The van der Waals surface area contributed by atoms with Crippen LogP contribution in [0.25, 0.3) is 0 Å². The van der Waals surface area contributed by atoms with Crippen LogP contribution < -0.4 is 0 Å². The summed E-state index contributed by atoms with van der Waals surface area (Å²) in [6.07, 6.45) is 12.8. The van der Waals surface area contributed by atoms with Crippen molar-refractivity contribution in [2.24, 2.45) is 4.99 Å². The van der Waals surface area contributed by atoms with Gasteiger partial charge in [0.05, 0.1) is 0 Å². The van der Waals surface area contributed by atoms with Crippen LogP contribution in [0.2, 0.25) is 0 Å². The maximum Gasteiger partial charge on any atom is 0.0277 e. The molecule has 1 nitrogen and oxygen atoms in total. The minimum absolute atomic E-state index is 1.21. The Morgan fingerprint density at radius 2 is 1.77 bits per heavy atom. The Morgan fingerprint density at radius 1 is 1.08 bits per heavy atom. The highest BCUT2D eigenvalue weighted by Gasteiger charge is 2.06. The van der Waals surface area contributed by atoms with Crippen molar-refractivity contribution in [1.29, 1.82) is 0 Å². The van der Waals surface area contributed by atoms with Gasteiger partial charge in [0, 0.05) is 13.3 Å². The molecule has 13 heavy (non-hydrogen) atoms. The summed E-state index contributed by atoms with van der Waals surface area (Å²) in [6.45, 7) is 2.08. The van der Waals surface area contributed by atoms with Crippen LogP contribution in [0.3, 0.4) is 0 Å². The van der Waals surface area contributed by atoms with E-state index in [1.807, 2.05) is 13.3 Å². The van der Waals surface area contributed by atoms with Gasteiger partial charge in [0.1, 0.15) is 0 Å². The van der Waals surface area contributed by atoms with Crippen LogP contribution in [0, 0.1) is 0 Å². The van der Waals surface area contributed by atoms with Gasteiger partial charge in [-0.3, -0.25) is 4.99 Å². The van der Waals surface area contributed by atoms with Crippen molar-refractivity contribution in [2.75, 3.05) is 7.05 Å². The SMILES string of the molecule is C/C=C\C1=C(/C=N\C)CCCCC1. The molecule has 0 amide bonds. The molecular formula is C12H19N. The summed E-state index contributed by atoms with van der Waals surface area (Å²) in [6, 6.07) is 0. The molecule has 0 N–H and O–H groups in total. The molecule has 1 rings (SSSR count). The molecule has 0 aromatic heterocycles. The number of nitrogens with zero attached hydrogens (tertiary/aromatic N) is 1. The topological polar surface area (TPSA) is 12.4 Å². The first-order chi connectivity index (χ1) is 6.38. The second-order valence-electron chi connectivity index (χ2n) is 3.50. The molecule has 0 aromatic rings. The third kappa shape index (κ3) is 3.17. The first kappa shape index (κ1) is 10.2. The van der Waals surface area contributed by atoms with E-state index in [2.05, 4.69) is 24.1 Å². The minimum Gasteiger partial charge on any atom is -0.296 e. The average Bonchev–Trinajstić information content (AvgIpc) is 2.33. The second-order valence-corrected chi connectivity index (χ2v) is 3.50. The zero-order valence-corrected chi connectivity index (χ0v) is 8.71. The fraction of sp³-hybridized carbons (Fsp3) is 0.583. The molecule has 0 saturated heterocycles. The summed E-state index contributed by atoms with van der Waals surface area (Å²) in [7, 11) is 1.85. The fourth-order valence-corrected chi connectivity index (χ4v) is 1.82. The van der Waals surface area contributed by atoms with Gasteiger partial charge in [-0.2, -0.15) is 0 Å². The number of hydrogen-bond acceptors (Lipinski definition) is 1. The standard InChI is InChI=1S/C12H19N/c1-3-7-11-8-5-4-6-9-12(11)10-13-2/h3,7,10H,4-6,8-9H2,1-2H3/b7-3-,13-10-. The predicted octanol–water partition coefficient (Wildman–Crippen LogP) is 3.52. The summed E-state index contributed by atoms with van der Waals surface area (Å²) < 4.78 is 0. The summed E-state index contributed by atoms with van der Waals surface area (Å²) >= 11 is 0. The quantitative estimate of drug-likeness (QED) is 0.572. The van der Waals surface area contributed by atoms with Crippen LogP contribution in [0.4, 0.5) is 0 Å². The first-order valence-electron chi connectivity index (χ1n) is 5.15. The van der Waals surface area contributed by atoms with Gasteiger partial charge in [-0.15, -0.1) is 0 Å². The Labute approximate surface area is 81.3 Å². The molecule has 72 valence electrons. The van der Waals surface area contributed by atoms with Gasteiger partial charge in [0.15, 0.2) is 0 Å². The van der Waals surface area contributed by atoms with Crippen LogP contribution in [0.5, 0.6) is 0 Å². The van der Waals surface area contributed by atoms with Gasteiger partial charge in [0.2, 0.25) is 0 Å². The molecule has 0 aliphatic heterocycles. The molecule has 0 bridgehead atoms. The average molecular weight is 177 g/mol. The zero-order valence-electron chi connectivity index (χ0n) is 8.71. The molecular weight excluding hydrogens is 158 g/mol. The van der Waals surface area contributed by atoms with Crippen molar-refractivity contribution in [2.45, 2.75) is 39.0 Å². The second kappa shape index (κ2) is 5.74. The highest BCUT2D eigenvalue weighted by molar-refractivity contribution is 5.80. The number of allylic oxidation sites excluding steroid dienone is 4. The van der Waals surface area contributed by atoms with Crippen LogP contribution in [0.15, 0.2) is 28.3 Å². The molecule has 0 aromatic carbocycles. The van der Waals surface area contributed by atoms with Crippen LogP contribution in [-0.2, 0) is 0 Å². The Balaban J connectivity index is 2.84. The summed E-state index contributed by atoms with van der Waals surface area (Å²) in [5, 5.41) is 0. The number of rotatable bonds is 2. The van der Waals surface area contributed by atoms with Crippen molar-refractivity contribution in [1.82, 2.24) is 0 Å².